The minimum Gasteiger partial charge on any atom is -0.481 e. The van der Waals surface area contributed by atoms with E-state index in [2.05, 4.69) is 0 Å². The number of carboxylic acid groups (broad SMARTS) is 1. The van der Waals surface area contributed by atoms with E-state index in [-0.39, 0.29) is 24.1 Å². The molecule has 5 nitrogen and oxygen atoms in total. The number of halogens is 1. The number of benzene rings is 1. The molecular weight excluding hydrogens is 313 g/mol. The van der Waals surface area contributed by atoms with Crippen molar-refractivity contribution in [1.82, 2.24) is 4.90 Å². The van der Waals surface area contributed by atoms with Crippen molar-refractivity contribution >= 4 is 22.8 Å². The lowest BCUT2D eigenvalue weighted by atomic mass is 9.76. The molecular formula is C18H20FNO4. The van der Waals surface area contributed by atoms with Crippen molar-refractivity contribution in [2.24, 2.45) is 11.3 Å². The Labute approximate surface area is 139 Å². The number of amides is 1. The first-order valence-electron chi connectivity index (χ1n) is 7.97. The van der Waals surface area contributed by atoms with E-state index in [4.69, 9.17) is 4.42 Å². The van der Waals surface area contributed by atoms with Crippen molar-refractivity contribution in [1.29, 1.82) is 0 Å². The van der Waals surface area contributed by atoms with E-state index in [1.54, 1.807) is 6.92 Å². The summed E-state index contributed by atoms with van der Waals surface area (Å²) in [6.45, 7) is 5.95. The molecule has 0 spiro atoms. The number of hydrogen-bond acceptors (Lipinski definition) is 3. The van der Waals surface area contributed by atoms with Gasteiger partial charge in [0.15, 0.2) is 5.76 Å². The van der Waals surface area contributed by atoms with Gasteiger partial charge in [-0.15, -0.1) is 0 Å². The highest BCUT2D eigenvalue weighted by atomic mass is 19.1. The first-order chi connectivity index (χ1) is 11.3. The van der Waals surface area contributed by atoms with Crippen LogP contribution in [-0.4, -0.2) is 35.0 Å². The number of fused-ring (bicyclic) bond motifs is 1. The molecule has 24 heavy (non-hydrogen) atoms. The van der Waals surface area contributed by atoms with Crippen molar-refractivity contribution in [3.63, 3.8) is 0 Å². The number of furan rings is 1. The van der Waals surface area contributed by atoms with Gasteiger partial charge in [0.1, 0.15) is 11.4 Å². The van der Waals surface area contributed by atoms with Crippen LogP contribution in [0.5, 0.6) is 0 Å². The summed E-state index contributed by atoms with van der Waals surface area (Å²) in [5, 5.41) is 10.2. The van der Waals surface area contributed by atoms with Crippen LogP contribution < -0.4 is 0 Å². The van der Waals surface area contributed by atoms with Gasteiger partial charge in [0.2, 0.25) is 0 Å². The quantitative estimate of drug-likeness (QED) is 0.934. The third kappa shape index (κ3) is 2.37. The molecule has 1 aliphatic rings. The summed E-state index contributed by atoms with van der Waals surface area (Å²) in [6.07, 6.45) is 0.416. The van der Waals surface area contributed by atoms with Crippen molar-refractivity contribution < 1.29 is 23.5 Å². The highest BCUT2D eigenvalue weighted by molar-refractivity contribution is 5.99. The van der Waals surface area contributed by atoms with Gasteiger partial charge >= 0.3 is 5.97 Å². The number of nitrogens with zero attached hydrogens (tertiary/aromatic N) is 1. The number of aliphatic carboxylic acids is 1. The Morgan fingerprint density at radius 2 is 2.08 bits per heavy atom. The van der Waals surface area contributed by atoms with Gasteiger partial charge in [0.25, 0.3) is 5.91 Å². The van der Waals surface area contributed by atoms with E-state index in [1.165, 1.54) is 23.1 Å². The van der Waals surface area contributed by atoms with Crippen LogP contribution in [0, 0.1) is 24.1 Å². The molecule has 6 heteroatoms. The lowest BCUT2D eigenvalue weighted by molar-refractivity contribution is -0.150. The van der Waals surface area contributed by atoms with Gasteiger partial charge in [-0.25, -0.2) is 4.39 Å². The van der Waals surface area contributed by atoms with E-state index >= 15 is 0 Å². The maximum atomic E-state index is 13.4. The molecule has 128 valence electrons. The van der Waals surface area contributed by atoms with Crippen LogP contribution in [0.1, 0.15) is 36.4 Å². The van der Waals surface area contributed by atoms with Crippen molar-refractivity contribution in [2.45, 2.75) is 27.2 Å². The third-order valence-corrected chi connectivity index (χ3v) is 5.21. The Hall–Kier alpha value is -2.37. The monoisotopic (exact) mass is 333 g/mol. The van der Waals surface area contributed by atoms with Crippen LogP contribution in [0.4, 0.5) is 4.39 Å². The van der Waals surface area contributed by atoms with Gasteiger partial charge in [-0.3, -0.25) is 9.59 Å². The fourth-order valence-electron chi connectivity index (χ4n) is 3.44. The van der Waals surface area contributed by atoms with Crippen molar-refractivity contribution in [2.75, 3.05) is 13.1 Å². The number of aryl methyl sites for hydroxylation is 1. The van der Waals surface area contributed by atoms with Gasteiger partial charge in [0, 0.05) is 24.0 Å². The van der Waals surface area contributed by atoms with Crippen molar-refractivity contribution in [3.05, 3.63) is 35.3 Å². The van der Waals surface area contributed by atoms with Crippen LogP contribution >= 0.6 is 0 Å². The van der Waals surface area contributed by atoms with E-state index in [9.17, 15) is 19.1 Å². The maximum absolute atomic E-state index is 13.4. The molecule has 1 aromatic carbocycles. The summed E-state index contributed by atoms with van der Waals surface area (Å²) in [4.78, 5) is 26.0. The molecule has 0 bridgehead atoms. The molecule has 2 aromatic rings. The van der Waals surface area contributed by atoms with E-state index in [1.807, 2.05) is 13.8 Å². The SMILES string of the molecule is Cc1c(C(=O)N2CCC(C(=O)O)(C(C)C)C2)oc2ccc(F)cc12. The number of rotatable bonds is 3. The molecule has 2 heterocycles. The second-order valence-corrected chi connectivity index (χ2v) is 6.79. The minimum absolute atomic E-state index is 0.0846. The highest BCUT2D eigenvalue weighted by Gasteiger charge is 2.49. The van der Waals surface area contributed by atoms with E-state index in [0.29, 0.717) is 29.5 Å². The zero-order valence-electron chi connectivity index (χ0n) is 13.9. The molecule has 1 saturated heterocycles. The molecule has 1 unspecified atom stereocenters. The van der Waals surface area contributed by atoms with E-state index < -0.39 is 17.2 Å². The second kappa shape index (κ2) is 5.61. The third-order valence-electron chi connectivity index (χ3n) is 5.21. The molecule has 0 saturated carbocycles. The van der Waals surface area contributed by atoms with Gasteiger partial charge in [0.05, 0.1) is 5.41 Å². The average molecular weight is 333 g/mol. The standard InChI is InChI=1S/C18H20FNO4/c1-10(2)18(17(22)23)6-7-20(9-18)16(21)15-11(3)13-8-12(19)4-5-14(13)24-15/h4-5,8,10H,6-7,9H2,1-3H3,(H,22,23). The fourth-order valence-corrected chi connectivity index (χ4v) is 3.44. The smallest absolute Gasteiger partial charge is 0.311 e. The zero-order valence-corrected chi connectivity index (χ0v) is 13.9. The molecule has 0 aliphatic carbocycles. The summed E-state index contributed by atoms with van der Waals surface area (Å²) < 4.78 is 19.0. The van der Waals surface area contributed by atoms with Crippen LogP contribution in [0.3, 0.4) is 0 Å². The summed E-state index contributed by atoms with van der Waals surface area (Å²) in [6, 6.07) is 4.11. The number of likely N-dealkylation sites (tertiary alicyclic amines) is 1. The van der Waals surface area contributed by atoms with Gasteiger partial charge in [-0.2, -0.15) is 0 Å². The van der Waals surface area contributed by atoms with Crippen molar-refractivity contribution in [3.8, 4) is 0 Å². The van der Waals surface area contributed by atoms with Gasteiger partial charge < -0.3 is 14.4 Å². The van der Waals surface area contributed by atoms with Crippen LogP contribution in [0.25, 0.3) is 11.0 Å². The molecule has 1 aliphatic heterocycles. The molecule has 1 aromatic heterocycles. The molecule has 1 amide bonds. The lowest BCUT2D eigenvalue weighted by Gasteiger charge is -2.28. The first kappa shape index (κ1) is 16.5. The highest BCUT2D eigenvalue weighted by Crippen LogP contribution is 2.39. The number of carbonyl (C=O) groups is 2. The van der Waals surface area contributed by atoms with Gasteiger partial charge in [-0.05, 0) is 37.5 Å². The molecule has 1 atom stereocenters. The topological polar surface area (TPSA) is 70.8 Å². The molecule has 3 rings (SSSR count). The second-order valence-electron chi connectivity index (χ2n) is 6.79. The Kier molecular flexibility index (Phi) is 3.86. The lowest BCUT2D eigenvalue weighted by Crippen LogP contribution is -2.40. The van der Waals surface area contributed by atoms with Gasteiger partial charge in [-0.1, -0.05) is 13.8 Å². The van der Waals surface area contributed by atoms with Crippen LogP contribution in [0.15, 0.2) is 22.6 Å². The minimum atomic E-state index is -0.929. The molecule has 1 fully saturated rings. The fraction of sp³-hybridized carbons (Fsp3) is 0.444. The Balaban J connectivity index is 1.93. The van der Waals surface area contributed by atoms with Crippen LogP contribution in [0.2, 0.25) is 0 Å². The van der Waals surface area contributed by atoms with E-state index in [0.717, 1.165) is 0 Å². The number of carbonyl (C=O) groups excluding carboxylic acids is 1. The Bertz CT molecular complexity index is 826. The number of carboxylic acids is 1. The Morgan fingerprint density at radius 1 is 1.38 bits per heavy atom. The summed E-state index contributed by atoms with van der Waals surface area (Å²) in [5.41, 5.74) is 0.0958. The summed E-state index contributed by atoms with van der Waals surface area (Å²) in [7, 11) is 0. The van der Waals surface area contributed by atoms with Crippen LogP contribution in [-0.2, 0) is 4.79 Å². The molecule has 0 radical (unpaired) electrons. The average Bonchev–Trinajstić information content (AvgIpc) is 3.10. The summed E-state index contributed by atoms with van der Waals surface area (Å²) in [5.74, 6) is -1.54. The predicted octanol–water partition coefficient (Wildman–Crippen LogP) is 3.45. The summed E-state index contributed by atoms with van der Waals surface area (Å²) >= 11 is 0. The first-order valence-corrected chi connectivity index (χ1v) is 7.97. The number of hydrogen-bond donors (Lipinski definition) is 1. The zero-order chi connectivity index (χ0) is 17.6. The molecule has 1 N–H and O–H groups in total. The maximum Gasteiger partial charge on any atom is 0.311 e. The Morgan fingerprint density at radius 3 is 2.67 bits per heavy atom. The predicted molar refractivity (Wildman–Crippen MR) is 86.3 cm³/mol. The normalized spacial score (nSPS) is 21.0. The largest absolute Gasteiger partial charge is 0.481 e.